The average molecular weight is 268 g/mol. The van der Waals surface area contributed by atoms with Crippen molar-refractivity contribution in [2.75, 3.05) is 19.5 Å². The number of hydrogen-bond acceptors (Lipinski definition) is 3. The number of rotatable bonds is 4. The highest BCUT2D eigenvalue weighted by molar-refractivity contribution is 6.33. The number of benzene rings is 1. The molecule has 1 aromatic rings. The fourth-order valence-corrected chi connectivity index (χ4v) is 1.54. The molecule has 6 heteroatoms. The maximum atomic E-state index is 11.5. The van der Waals surface area contributed by atoms with Crippen LogP contribution in [0.3, 0.4) is 0 Å². The van der Waals surface area contributed by atoms with E-state index in [-0.39, 0.29) is 0 Å². The largest absolute Gasteiger partial charge is 0.345 e. The third kappa shape index (κ3) is 3.91. The van der Waals surface area contributed by atoms with Crippen molar-refractivity contribution in [2.24, 2.45) is 0 Å². The van der Waals surface area contributed by atoms with Gasteiger partial charge in [0.25, 0.3) is 0 Å². The van der Waals surface area contributed by atoms with E-state index in [1.54, 1.807) is 12.1 Å². The molecule has 0 bridgehead atoms. The first-order valence-corrected chi connectivity index (χ1v) is 5.70. The fourth-order valence-electron chi connectivity index (χ4n) is 1.29. The number of nitriles is 1. The number of halogens is 1. The number of aryl methyl sites for hydroxylation is 1. The van der Waals surface area contributed by atoms with Gasteiger partial charge in [0.2, 0.25) is 0 Å². The van der Waals surface area contributed by atoms with Crippen molar-refractivity contribution in [1.29, 1.82) is 5.26 Å². The topological polar surface area (TPSA) is 65.4 Å². The van der Waals surface area contributed by atoms with Crippen LogP contribution in [-0.4, -0.2) is 25.3 Å². The van der Waals surface area contributed by atoms with Crippen LogP contribution in [0.1, 0.15) is 12.0 Å². The number of hydrogen-bond donors (Lipinski definition) is 1. The summed E-state index contributed by atoms with van der Waals surface area (Å²) >= 11 is 6.04. The second kappa shape index (κ2) is 6.84. The number of nitrogens with zero attached hydrogens (tertiary/aromatic N) is 2. The Morgan fingerprint density at radius 3 is 2.89 bits per heavy atom. The smallest absolute Gasteiger partial charge is 0.305 e. The normalized spacial score (nSPS) is 9.67. The molecule has 0 aliphatic rings. The van der Waals surface area contributed by atoms with Gasteiger partial charge in [-0.25, -0.2) is 9.86 Å². The Morgan fingerprint density at radius 2 is 2.33 bits per heavy atom. The first kappa shape index (κ1) is 14.3. The van der Waals surface area contributed by atoms with Gasteiger partial charge in [0.1, 0.15) is 0 Å². The van der Waals surface area contributed by atoms with Crippen molar-refractivity contribution in [3.8, 4) is 6.07 Å². The summed E-state index contributed by atoms with van der Waals surface area (Å²) in [7, 11) is 2.89. The molecule has 5 nitrogen and oxygen atoms in total. The number of urea groups is 1. The van der Waals surface area contributed by atoms with Crippen molar-refractivity contribution in [1.82, 2.24) is 5.06 Å². The van der Waals surface area contributed by atoms with Crippen LogP contribution in [0.25, 0.3) is 0 Å². The zero-order valence-electron chi connectivity index (χ0n) is 10.2. The molecule has 0 saturated heterocycles. The third-order valence-corrected chi connectivity index (χ3v) is 2.67. The number of nitrogens with one attached hydrogen (secondary N) is 1. The highest BCUT2D eigenvalue weighted by Crippen LogP contribution is 2.23. The van der Waals surface area contributed by atoms with Gasteiger partial charge in [0, 0.05) is 13.5 Å². The Labute approximate surface area is 111 Å². The van der Waals surface area contributed by atoms with Crippen LogP contribution in [-0.2, 0) is 11.3 Å². The Hall–Kier alpha value is -1.77. The number of anilines is 1. The number of carbonyl (C=O) groups is 1. The zero-order chi connectivity index (χ0) is 13.5. The quantitative estimate of drug-likeness (QED) is 0.853. The van der Waals surface area contributed by atoms with Crippen LogP contribution >= 0.6 is 11.6 Å². The Kier molecular flexibility index (Phi) is 5.43. The third-order valence-electron chi connectivity index (χ3n) is 2.36. The summed E-state index contributed by atoms with van der Waals surface area (Å²) in [4.78, 5) is 16.3. The minimum atomic E-state index is -0.413. The lowest BCUT2D eigenvalue weighted by Gasteiger charge is -2.15. The summed E-state index contributed by atoms with van der Waals surface area (Å²) in [6.07, 6.45) is 1.08. The van der Waals surface area contributed by atoms with E-state index in [1.807, 2.05) is 6.07 Å². The van der Waals surface area contributed by atoms with Crippen molar-refractivity contribution >= 4 is 23.3 Å². The molecule has 0 atom stereocenters. The Bertz CT molecular complexity index is 471. The highest BCUT2D eigenvalue weighted by Gasteiger charge is 2.10. The van der Waals surface area contributed by atoms with E-state index in [9.17, 15) is 4.79 Å². The molecule has 0 saturated carbocycles. The molecule has 0 radical (unpaired) electrons. The standard InChI is InChI=1S/C12H14ClN3O2/c1-16(18-2)12(17)15-11-6-5-9(4-3-7-14)8-10(11)13/h5-6,8H,3-4H2,1-2H3,(H,15,17). The van der Waals surface area contributed by atoms with Gasteiger partial charge in [-0.1, -0.05) is 17.7 Å². The fraction of sp³-hybridized carbons (Fsp3) is 0.333. The lowest BCUT2D eigenvalue weighted by atomic mass is 10.1. The van der Waals surface area contributed by atoms with Crippen molar-refractivity contribution in [3.05, 3.63) is 28.8 Å². The van der Waals surface area contributed by atoms with E-state index in [2.05, 4.69) is 11.4 Å². The molecule has 0 aromatic heterocycles. The molecule has 0 aliphatic carbocycles. The van der Waals surface area contributed by atoms with Gasteiger partial charge in [-0.2, -0.15) is 5.26 Å². The van der Waals surface area contributed by atoms with E-state index in [4.69, 9.17) is 21.7 Å². The monoisotopic (exact) mass is 267 g/mol. The number of hydroxylamine groups is 2. The van der Waals surface area contributed by atoms with Crippen molar-refractivity contribution < 1.29 is 9.63 Å². The highest BCUT2D eigenvalue weighted by atomic mass is 35.5. The SMILES string of the molecule is CON(C)C(=O)Nc1ccc(CCC#N)cc1Cl. The molecule has 0 unspecified atom stereocenters. The minimum Gasteiger partial charge on any atom is -0.305 e. The van der Waals surface area contributed by atoms with Crippen LogP contribution in [0.5, 0.6) is 0 Å². The van der Waals surface area contributed by atoms with Gasteiger partial charge >= 0.3 is 6.03 Å². The first-order chi connectivity index (χ1) is 8.58. The van der Waals surface area contributed by atoms with Gasteiger partial charge in [0.15, 0.2) is 0 Å². The summed E-state index contributed by atoms with van der Waals surface area (Å²) in [5.74, 6) is 0. The molecule has 1 N–H and O–H groups in total. The van der Waals surface area contributed by atoms with Crippen LogP contribution < -0.4 is 5.32 Å². The second-order valence-corrected chi connectivity index (χ2v) is 3.99. The van der Waals surface area contributed by atoms with Crippen LogP contribution in [0, 0.1) is 11.3 Å². The van der Waals surface area contributed by atoms with Crippen LogP contribution in [0.2, 0.25) is 5.02 Å². The van der Waals surface area contributed by atoms with Gasteiger partial charge in [0.05, 0.1) is 23.9 Å². The second-order valence-electron chi connectivity index (χ2n) is 3.58. The van der Waals surface area contributed by atoms with E-state index in [0.29, 0.717) is 23.6 Å². The van der Waals surface area contributed by atoms with E-state index >= 15 is 0 Å². The molecule has 0 fully saturated rings. The van der Waals surface area contributed by atoms with Crippen LogP contribution in [0.15, 0.2) is 18.2 Å². The predicted molar refractivity (Wildman–Crippen MR) is 69.2 cm³/mol. The molecule has 0 heterocycles. The van der Waals surface area contributed by atoms with Crippen molar-refractivity contribution in [2.45, 2.75) is 12.8 Å². The van der Waals surface area contributed by atoms with Gasteiger partial charge in [-0.15, -0.1) is 0 Å². The van der Waals surface area contributed by atoms with Crippen molar-refractivity contribution in [3.63, 3.8) is 0 Å². The van der Waals surface area contributed by atoms with E-state index in [1.165, 1.54) is 14.2 Å². The summed E-state index contributed by atoms with van der Waals surface area (Å²) in [6.45, 7) is 0. The maximum absolute atomic E-state index is 11.5. The molecule has 0 aliphatic heterocycles. The van der Waals surface area contributed by atoms with Gasteiger partial charge in [-0.3, -0.25) is 4.84 Å². The van der Waals surface area contributed by atoms with Gasteiger partial charge < -0.3 is 5.32 Å². The first-order valence-electron chi connectivity index (χ1n) is 5.32. The molecule has 2 amide bonds. The number of carbonyl (C=O) groups excluding carboxylic acids is 1. The molecule has 18 heavy (non-hydrogen) atoms. The summed E-state index contributed by atoms with van der Waals surface area (Å²) in [5.41, 5.74) is 1.46. The zero-order valence-corrected chi connectivity index (χ0v) is 11.0. The summed E-state index contributed by atoms with van der Waals surface area (Å²) in [5, 5.41) is 12.6. The lowest BCUT2D eigenvalue weighted by Crippen LogP contribution is -2.30. The van der Waals surface area contributed by atoms with Gasteiger partial charge in [-0.05, 0) is 24.1 Å². The molecule has 1 rings (SSSR count). The molecule has 1 aromatic carbocycles. The minimum absolute atomic E-state index is 0.413. The molecular formula is C12H14ClN3O2. The van der Waals surface area contributed by atoms with Crippen LogP contribution in [0.4, 0.5) is 10.5 Å². The molecule has 0 spiro atoms. The molecule has 96 valence electrons. The summed E-state index contributed by atoms with van der Waals surface area (Å²) in [6, 6.07) is 6.92. The Morgan fingerprint density at radius 1 is 1.61 bits per heavy atom. The van der Waals surface area contributed by atoms with E-state index < -0.39 is 6.03 Å². The van der Waals surface area contributed by atoms with E-state index in [0.717, 1.165) is 10.6 Å². The number of amides is 2. The average Bonchev–Trinajstić information content (AvgIpc) is 2.38. The summed E-state index contributed by atoms with van der Waals surface area (Å²) < 4.78 is 0. The predicted octanol–water partition coefficient (Wildman–Crippen LogP) is 2.82. The maximum Gasteiger partial charge on any atom is 0.345 e. The molecular weight excluding hydrogens is 254 g/mol. The lowest BCUT2D eigenvalue weighted by molar-refractivity contribution is -0.0598. The Balaban J connectivity index is 2.74.